The molecule has 5 rings (SSSR count). The van der Waals surface area contributed by atoms with Crippen LogP contribution in [0.25, 0.3) is 0 Å². The number of alkyl halides is 3. The Balaban J connectivity index is 1.24. The molecule has 0 saturated carbocycles. The number of likely N-dealkylation sites (tertiary alicyclic amines) is 1. The molecule has 3 aliphatic heterocycles. The summed E-state index contributed by atoms with van der Waals surface area (Å²) in [4.78, 5) is 32.4. The molecule has 2 aromatic carbocycles. The van der Waals surface area contributed by atoms with Crippen molar-refractivity contribution in [1.82, 2.24) is 9.80 Å². The number of hydrogen-bond acceptors (Lipinski definition) is 5. The highest BCUT2D eigenvalue weighted by Gasteiger charge is 2.52. The summed E-state index contributed by atoms with van der Waals surface area (Å²) >= 11 is 0. The maximum atomic E-state index is 13.8. The number of ether oxygens (including phenoxy) is 1. The molecule has 1 amide bonds. The van der Waals surface area contributed by atoms with Crippen LogP contribution in [0, 0.1) is 0 Å². The van der Waals surface area contributed by atoms with Crippen LogP contribution < -0.4 is 4.90 Å². The SMILES string of the molecule is CC1=C(C(=O)N2CCN(c3cccc(C(F)(F)F)c3)CC2)C2(CCN(C(C)Cc3ccccc3)CC2)OC1=O. The Bertz CT molecular complexity index is 1240. The number of anilines is 1. The van der Waals surface area contributed by atoms with E-state index in [-0.39, 0.29) is 5.91 Å². The van der Waals surface area contributed by atoms with E-state index in [2.05, 4.69) is 24.0 Å². The Morgan fingerprint density at radius 2 is 1.64 bits per heavy atom. The van der Waals surface area contributed by atoms with Gasteiger partial charge in [0, 0.05) is 69.4 Å². The number of carbonyl (C=O) groups is 2. The number of esters is 1. The fraction of sp³-hybridized carbons (Fsp3) is 0.467. The van der Waals surface area contributed by atoms with Gasteiger partial charge in [0.1, 0.15) is 5.60 Å². The molecule has 1 spiro atoms. The minimum absolute atomic E-state index is 0.201. The topological polar surface area (TPSA) is 53.1 Å². The van der Waals surface area contributed by atoms with Crippen molar-refractivity contribution < 1.29 is 27.5 Å². The predicted octanol–water partition coefficient (Wildman–Crippen LogP) is 4.69. The van der Waals surface area contributed by atoms with Crippen LogP contribution in [0.15, 0.2) is 65.7 Å². The largest absolute Gasteiger partial charge is 0.450 e. The maximum Gasteiger partial charge on any atom is 0.416 e. The number of hydrogen-bond donors (Lipinski definition) is 0. The number of halogens is 3. The molecule has 0 aliphatic carbocycles. The number of amides is 1. The van der Waals surface area contributed by atoms with Gasteiger partial charge < -0.3 is 19.4 Å². The average molecular weight is 542 g/mol. The first kappa shape index (κ1) is 27.2. The number of benzene rings is 2. The lowest BCUT2D eigenvalue weighted by molar-refractivity contribution is -0.151. The Kier molecular flexibility index (Phi) is 7.46. The van der Waals surface area contributed by atoms with Crippen LogP contribution in [0.3, 0.4) is 0 Å². The molecule has 1 atom stereocenters. The second-order valence-corrected chi connectivity index (χ2v) is 10.8. The van der Waals surface area contributed by atoms with E-state index in [4.69, 9.17) is 4.74 Å². The molecule has 2 fully saturated rings. The smallest absolute Gasteiger partial charge is 0.416 e. The van der Waals surface area contributed by atoms with E-state index in [9.17, 15) is 22.8 Å². The maximum absolute atomic E-state index is 13.8. The highest BCUT2D eigenvalue weighted by Crippen LogP contribution is 2.42. The van der Waals surface area contributed by atoms with Crippen LogP contribution in [0.4, 0.5) is 18.9 Å². The minimum Gasteiger partial charge on any atom is -0.450 e. The average Bonchev–Trinajstić information content (AvgIpc) is 3.17. The van der Waals surface area contributed by atoms with Gasteiger partial charge in [-0.05, 0) is 44.0 Å². The Hall–Kier alpha value is -3.33. The van der Waals surface area contributed by atoms with Gasteiger partial charge >= 0.3 is 12.1 Å². The molecule has 9 heteroatoms. The molecule has 0 radical (unpaired) electrons. The molecule has 39 heavy (non-hydrogen) atoms. The summed E-state index contributed by atoms with van der Waals surface area (Å²) in [6.07, 6.45) is -2.37. The fourth-order valence-electron chi connectivity index (χ4n) is 6.07. The van der Waals surface area contributed by atoms with Crippen molar-refractivity contribution in [3.05, 3.63) is 76.9 Å². The summed E-state index contributed by atoms with van der Waals surface area (Å²) in [5, 5.41) is 0. The van der Waals surface area contributed by atoms with Crippen LogP contribution in [0.1, 0.15) is 37.8 Å². The summed E-state index contributed by atoms with van der Waals surface area (Å²) < 4.78 is 45.4. The van der Waals surface area contributed by atoms with E-state index in [1.165, 1.54) is 11.6 Å². The number of piperidine rings is 1. The lowest BCUT2D eigenvalue weighted by Gasteiger charge is -2.43. The van der Waals surface area contributed by atoms with E-state index in [1.807, 2.05) is 23.1 Å². The van der Waals surface area contributed by atoms with Gasteiger partial charge in [-0.3, -0.25) is 4.79 Å². The summed E-state index contributed by atoms with van der Waals surface area (Å²) in [5.41, 5.74) is 0.974. The van der Waals surface area contributed by atoms with E-state index < -0.39 is 23.3 Å². The summed E-state index contributed by atoms with van der Waals surface area (Å²) in [7, 11) is 0. The molecule has 0 N–H and O–H groups in total. The van der Waals surface area contributed by atoms with E-state index in [0.29, 0.717) is 75.0 Å². The van der Waals surface area contributed by atoms with Gasteiger partial charge in [0.2, 0.25) is 0 Å². The Labute approximate surface area is 227 Å². The van der Waals surface area contributed by atoms with Crippen molar-refractivity contribution in [3.63, 3.8) is 0 Å². The van der Waals surface area contributed by atoms with Crippen molar-refractivity contribution in [3.8, 4) is 0 Å². The third-order valence-corrected chi connectivity index (χ3v) is 8.35. The zero-order valence-corrected chi connectivity index (χ0v) is 22.3. The predicted molar refractivity (Wildman–Crippen MR) is 142 cm³/mol. The molecule has 2 saturated heterocycles. The highest BCUT2D eigenvalue weighted by atomic mass is 19.4. The summed E-state index contributed by atoms with van der Waals surface area (Å²) in [5.74, 6) is -0.639. The zero-order valence-electron chi connectivity index (χ0n) is 22.3. The molecule has 1 unspecified atom stereocenters. The van der Waals surface area contributed by atoms with Crippen molar-refractivity contribution in [2.75, 3.05) is 44.2 Å². The zero-order chi connectivity index (χ0) is 27.8. The standard InChI is InChI=1S/C30H34F3N3O3/c1-21(19-23-7-4-3-5-8-23)34-13-11-29(12-14-34)26(22(2)28(38)39-29)27(37)36-17-15-35(16-18-36)25-10-6-9-24(20-25)30(31,32)33/h3-10,20-21H,11-19H2,1-2H3. The number of rotatable bonds is 5. The van der Waals surface area contributed by atoms with Gasteiger partial charge in [-0.15, -0.1) is 0 Å². The van der Waals surface area contributed by atoms with Crippen molar-refractivity contribution in [2.45, 2.75) is 50.9 Å². The molecule has 2 aromatic rings. The van der Waals surface area contributed by atoms with Crippen molar-refractivity contribution in [2.24, 2.45) is 0 Å². The van der Waals surface area contributed by atoms with Gasteiger partial charge in [0.25, 0.3) is 5.91 Å². The van der Waals surface area contributed by atoms with E-state index >= 15 is 0 Å². The second-order valence-electron chi connectivity index (χ2n) is 10.8. The summed E-state index contributed by atoms with van der Waals surface area (Å²) in [6, 6.07) is 15.9. The van der Waals surface area contributed by atoms with Crippen LogP contribution in [0.2, 0.25) is 0 Å². The first-order valence-corrected chi connectivity index (χ1v) is 13.5. The van der Waals surface area contributed by atoms with Gasteiger partial charge in [0.05, 0.1) is 11.1 Å². The van der Waals surface area contributed by atoms with Crippen LogP contribution in [0.5, 0.6) is 0 Å². The number of nitrogens with zero attached hydrogens (tertiary/aromatic N) is 3. The molecule has 0 bridgehead atoms. The van der Waals surface area contributed by atoms with Gasteiger partial charge in [-0.1, -0.05) is 36.4 Å². The molecule has 3 aliphatic rings. The van der Waals surface area contributed by atoms with Crippen LogP contribution in [-0.2, 0) is 26.9 Å². The van der Waals surface area contributed by atoms with Crippen molar-refractivity contribution in [1.29, 1.82) is 0 Å². The lowest BCUT2D eigenvalue weighted by Crippen LogP contribution is -2.54. The first-order valence-electron chi connectivity index (χ1n) is 13.5. The summed E-state index contributed by atoms with van der Waals surface area (Å²) in [6.45, 7) is 6.82. The third-order valence-electron chi connectivity index (χ3n) is 8.35. The van der Waals surface area contributed by atoms with Crippen LogP contribution >= 0.6 is 0 Å². The van der Waals surface area contributed by atoms with E-state index in [1.54, 1.807) is 17.9 Å². The Morgan fingerprint density at radius 1 is 0.974 bits per heavy atom. The number of piperazine rings is 1. The first-order chi connectivity index (χ1) is 18.6. The molecule has 3 heterocycles. The molecule has 6 nitrogen and oxygen atoms in total. The molecule has 0 aromatic heterocycles. The van der Waals surface area contributed by atoms with Gasteiger partial charge in [-0.25, -0.2) is 4.79 Å². The quantitative estimate of drug-likeness (QED) is 0.514. The number of carbonyl (C=O) groups excluding carboxylic acids is 2. The van der Waals surface area contributed by atoms with Crippen molar-refractivity contribution >= 4 is 17.6 Å². The van der Waals surface area contributed by atoms with Gasteiger partial charge in [-0.2, -0.15) is 13.2 Å². The molecular formula is C30H34F3N3O3. The lowest BCUT2D eigenvalue weighted by atomic mass is 9.82. The normalized spacial score (nSPS) is 20.9. The second kappa shape index (κ2) is 10.7. The van der Waals surface area contributed by atoms with Gasteiger partial charge in [0.15, 0.2) is 0 Å². The monoisotopic (exact) mass is 541 g/mol. The molecule has 208 valence electrons. The Morgan fingerprint density at radius 3 is 2.28 bits per heavy atom. The van der Waals surface area contributed by atoms with E-state index in [0.717, 1.165) is 18.6 Å². The highest BCUT2D eigenvalue weighted by molar-refractivity contribution is 6.07. The third kappa shape index (κ3) is 5.55. The molecular weight excluding hydrogens is 507 g/mol. The minimum atomic E-state index is -4.41. The van der Waals surface area contributed by atoms with Crippen LogP contribution in [-0.4, -0.2) is 72.6 Å². The fourth-order valence-corrected chi connectivity index (χ4v) is 6.07.